The Labute approximate surface area is 160 Å². The van der Waals surface area contributed by atoms with Crippen LogP contribution >= 0.6 is 11.3 Å². The standard InChI is InChI=1S/C19H20N4O3S/c24-17(13-23-18(21-26-19(23)25)16-5-4-12-27-16)20-14-6-8-15(9-7-14)22-10-2-1-3-11-22/h4-9,12H,1-3,10-11,13H2,(H,20,24). The van der Waals surface area contributed by atoms with Gasteiger partial charge in [-0.25, -0.2) is 9.36 Å². The van der Waals surface area contributed by atoms with Crippen LogP contribution in [0.15, 0.2) is 51.1 Å². The number of nitrogens with zero attached hydrogens (tertiary/aromatic N) is 3. The van der Waals surface area contributed by atoms with Crippen molar-refractivity contribution in [3.05, 3.63) is 52.3 Å². The molecule has 1 aliphatic rings. The number of nitrogens with one attached hydrogen (secondary N) is 1. The van der Waals surface area contributed by atoms with Crippen LogP contribution in [0.1, 0.15) is 19.3 Å². The summed E-state index contributed by atoms with van der Waals surface area (Å²) in [5, 5.41) is 8.49. The molecule has 0 aliphatic carbocycles. The zero-order chi connectivity index (χ0) is 18.6. The molecule has 8 heteroatoms. The summed E-state index contributed by atoms with van der Waals surface area (Å²) in [6.07, 6.45) is 3.73. The van der Waals surface area contributed by atoms with Crippen molar-refractivity contribution in [3.63, 3.8) is 0 Å². The molecule has 1 aromatic carbocycles. The smallest absolute Gasteiger partial charge is 0.372 e. The minimum Gasteiger partial charge on any atom is -0.372 e. The van der Waals surface area contributed by atoms with E-state index < -0.39 is 5.76 Å². The van der Waals surface area contributed by atoms with Gasteiger partial charge in [-0.2, -0.15) is 0 Å². The number of rotatable bonds is 5. The highest BCUT2D eigenvalue weighted by molar-refractivity contribution is 7.13. The average molecular weight is 384 g/mol. The maximum Gasteiger partial charge on any atom is 0.442 e. The first kappa shape index (κ1) is 17.5. The molecule has 4 rings (SSSR count). The lowest BCUT2D eigenvalue weighted by Crippen LogP contribution is -2.29. The van der Waals surface area contributed by atoms with Crippen molar-refractivity contribution in [1.82, 2.24) is 9.72 Å². The second kappa shape index (κ2) is 7.79. The van der Waals surface area contributed by atoms with Crippen LogP contribution in [-0.4, -0.2) is 28.7 Å². The van der Waals surface area contributed by atoms with E-state index in [0.717, 1.165) is 18.0 Å². The van der Waals surface area contributed by atoms with E-state index >= 15 is 0 Å². The molecule has 7 nitrogen and oxygen atoms in total. The Morgan fingerprint density at radius 3 is 2.63 bits per heavy atom. The van der Waals surface area contributed by atoms with Crippen LogP contribution in [-0.2, 0) is 11.3 Å². The number of amides is 1. The van der Waals surface area contributed by atoms with Crippen molar-refractivity contribution >= 4 is 28.6 Å². The van der Waals surface area contributed by atoms with Gasteiger partial charge in [-0.15, -0.1) is 11.3 Å². The minimum atomic E-state index is -0.644. The molecule has 3 heterocycles. The maximum atomic E-state index is 12.4. The molecule has 1 N–H and O–H groups in total. The second-order valence-corrected chi connectivity index (χ2v) is 7.43. The van der Waals surface area contributed by atoms with Gasteiger partial charge in [-0.3, -0.25) is 9.32 Å². The fourth-order valence-corrected chi connectivity index (χ4v) is 3.96. The first-order valence-corrected chi connectivity index (χ1v) is 9.84. The number of piperidine rings is 1. The van der Waals surface area contributed by atoms with E-state index in [1.807, 2.05) is 41.8 Å². The fourth-order valence-electron chi connectivity index (χ4n) is 3.24. The summed E-state index contributed by atoms with van der Waals surface area (Å²) in [6.45, 7) is 2.00. The highest BCUT2D eigenvalue weighted by Gasteiger charge is 2.17. The number of carbonyl (C=O) groups is 1. The summed E-state index contributed by atoms with van der Waals surface area (Å²) < 4.78 is 5.97. The topological polar surface area (TPSA) is 80.4 Å². The number of hydrogen-bond acceptors (Lipinski definition) is 6. The Balaban J connectivity index is 1.43. The van der Waals surface area contributed by atoms with Crippen molar-refractivity contribution in [2.45, 2.75) is 25.8 Å². The molecule has 1 fully saturated rings. The molecule has 0 unspecified atom stereocenters. The monoisotopic (exact) mass is 384 g/mol. The molecule has 0 atom stereocenters. The quantitative estimate of drug-likeness (QED) is 0.731. The van der Waals surface area contributed by atoms with Crippen LogP contribution in [0.2, 0.25) is 0 Å². The van der Waals surface area contributed by atoms with E-state index in [2.05, 4.69) is 15.4 Å². The Kier molecular flexibility index (Phi) is 5.06. The van der Waals surface area contributed by atoms with Crippen LogP contribution in [0.5, 0.6) is 0 Å². The Bertz CT molecular complexity index is 954. The summed E-state index contributed by atoms with van der Waals surface area (Å²) in [5.41, 5.74) is 1.87. The van der Waals surface area contributed by atoms with E-state index in [4.69, 9.17) is 4.52 Å². The van der Waals surface area contributed by atoms with Gasteiger partial charge in [0.15, 0.2) is 5.82 Å². The third-order valence-electron chi connectivity index (χ3n) is 4.60. The van der Waals surface area contributed by atoms with E-state index in [1.165, 1.54) is 40.9 Å². The van der Waals surface area contributed by atoms with E-state index in [0.29, 0.717) is 11.5 Å². The molecule has 27 heavy (non-hydrogen) atoms. The highest BCUT2D eigenvalue weighted by atomic mass is 32.1. The van der Waals surface area contributed by atoms with Crippen molar-refractivity contribution in [1.29, 1.82) is 0 Å². The fraction of sp³-hybridized carbons (Fsp3) is 0.316. The molecule has 0 bridgehead atoms. The molecule has 1 saturated heterocycles. The Hall–Kier alpha value is -2.87. The Morgan fingerprint density at radius 1 is 1.15 bits per heavy atom. The van der Waals surface area contributed by atoms with Crippen molar-refractivity contribution < 1.29 is 9.32 Å². The molecular formula is C19H20N4O3S. The molecule has 0 spiro atoms. The number of aromatic nitrogens is 2. The van der Waals surface area contributed by atoms with Crippen molar-refractivity contribution in [2.24, 2.45) is 0 Å². The van der Waals surface area contributed by atoms with Crippen molar-refractivity contribution in [3.8, 4) is 10.7 Å². The first-order valence-electron chi connectivity index (χ1n) is 8.96. The summed E-state index contributed by atoms with van der Waals surface area (Å²) >= 11 is 1.43. The summed E-state index contributed by atoms with van der Waals surface area (Å²) in [6, 6.07) is 11.5. The van der Waals surface area contributed by atoms with Crippen LogP contribution in [0.25, 0.3) is 10.7 Å². The molecule has 1 aliphatic heterocycles. The minimum absolute atomic E-state index is 0.149. The lowest BCUT2D eigenvalue weighted by atomic mass is 10.1. The van der Waals surface area contributed by atoms with Crippen LogP contribution < -0.4 is 16.0 Å². The van der Waals surface area contributed by atoms with Crippen LogP contribution in [0, 0.1) is 0 Å². The van der Waals surface area contributed by atoms with Gasteiger partial charge in [0.25, 0.3) is 0 Å². The predicted molar refractivity (Wildman–Crippen MR) is 105 cm³/mol. The molecule has 140 valence electrons. The number of hydrogen-bond donors (Lipinski definition) is 1. The zero-order valence-corrected chi connectivity index (χ0v) is 15.6. The lowest BCUT2D eigenvalue weighted by molar-refractivity contribution is -0.116. The molecule has 0 saturated carbocycles. The number of anilines is 2. The zero-order valence-electron chi connectivity index (χ0n) is 14.8. The van der Waals surface area contributed by atoms with Crippen molar-refractivity contribution in [2.75, 3.05) is 23.3 Å². The largest absolute Gasteiger partial charge is 0.442 e. The van der Waals surface area contributed by atoms with Gasteiger partial charge in [0.2, 0.25) is 5.91 Å². The predicted octanol–water partition coefficient (Wildman–Crippen LogP) is 3.19. The maximum absolute atomic E-state index is 12.4. The van der Waals surface area contributed by atoms with Gasteiger partial charge < -0.3 is 10.2 Å². The lowest BCUT2D eigenvalue weighted by Gasteiger charge is -2.28. The van der Waals surface area contributed by atoms with Gasteiger partial charge in [0.05, 0.1) is 4.88 Å². The van der Waals surface area contributed by atoms with Gasteiger partial charge in [0.1, 0.15) is 6.54 Å². The summed E-state index contributed by atoms with van der Waals surface area (Å²) in [4.78, 5) is 27.4. The van der Waals surface area contributed by atoms with Gasteiger partial charge in [-0.1, -0.05) is 11.2 Å². The molecule has 0 radical (unpaired) electrons. The third kappa shape index (κ3) is 3.95. The average Bonchev–Trinajstić information content (AvgIpc) is 3.34. The number of carbonyl (C=O) groups excluding carboxylic acids is 1. The highest BCUT2D eigenvalue weighted by Crippen LogP contribution is 2.23. The molecule has 2 aromatic heterocycles. The van der Waals surface area contributed by atoms with Gasteiger partial charge in [-0.05, 0) is 55.0 Å². The molecule has 1 amide bonds. The van der Waals surface area contributed by atoms with E-state index in [1.54, 1.807) is 0 Å². The summed E-state index contributed by atoms with van der Waals surface area (Å²) in [5.74, 6) is -0.580. The third-order valence-corrected chi connectivity index (χ3v) is 5.47. The Morgan fingerprint density at radius 2 is 1.93 bits per heavy atom. The first-order chi connectivity index (χ1) is 13.2. The SMILES string of the molecule is O=C(Cn1c(-c2cccs2)noc1=O)Nc1ccc(N2CCCCC2)cc1. The molecular weight excluding hydrogens is 364 g/mol. The normalized spacial score (nSPS) is 14.3. The van der Waals surface area contributed by atoms with Crippen LogP contribution in [0.4, 0.5) is 11.4 Å². The summed E-state index contributed by atoms with van der Waals surface area (Å²) in [7, 11) is 0. The second-order valence-electron chi connectivity index (χ2n) is 6.48. The van der Waals surface area contributed by atoms with E-state index in [9.17, 15) is 9.59 Å². The number of thiophene rings is 1. The molecule has 3 aromatic rings. The van der Waals surface area contributed by atoms with E-state index in [-0.39, 0.29) is 12.5 Å². The van der Waals surface area contributed by atoms with Gasteiger partial charge in [0, 0.05) is 24.5 Å². The number of benzene rings is 1. The van der Waals surface area contributed by atoms with Crippen LogP contribution in [0.3, 0.4) is 0 Å². The van der Waals surface area contributed by atoms with Gasteiger partial charge >= 0.3 is 5.76 Å².